The van der Waals surface area contributed by atoms with Crippen LogP contribution in [0, 0.1) is 13.8 Å². The molecule has 2 heterocycles. The Morgan fingerprint density at radius 2 is 1.80 bits per heavy atom. The van der Waals surface area contributed by atoms with E-state index in [0.717, 1.165) is 41.2 Å². The van der Waals surface area contributed by atoms with Crippen molar-refractivity contribution in [3.05, 3.63) is 94.1 Å². The van der Waals surface area contributed by atoms with Gasteiger partial charge in [-0.15, -0.1) is 0 Å². The van der Waals surface area contributed by atoms with E-state index >= 15 is 0 Å². The Morgan fingerprint density at radius 1 is 1.00 bits per heavy atom. The number of Topliss-reactive ketones (excluding diaryl/α,β-unsaturated/α-hetero) is 1. The number of aromatic nitrogens is 4. The molecule has 0 aliphatic carbocycles. The lowest BCUT2D eigenvalue weighted by atomic mass is 9.96. The number of nitrogens with zero attached hydrogens (tertiary/aromatic N) is 4. The molecule has 0 saturated carbocycles. The van der Waals surface area contributed by atoms with Gasteiger partial charge in [0.05, 0.1) is 11.3 Å². The number of anilines is 2. The number of unbranched alkanes of at least 4 members (excludes halogenated alkanes) is 1. The number of aliphatic hydroxyl groups excluding tert-OH is 1. The Morgan fingerprint density at radius 3 is 2.52 bits per heavy atom. The molecule has 2 N–H and O–H groups in total. The summed E-state index contributed by atoms with van der Waals surface area (Å²) in [4.78, 5) is 21.8. The van der Waals surface area contributed by atoms with Gasteiger partial charge in [0.25, 0.3) is 0 Å². The first-order valence-corrected chi connectivity index (χ1v) is 13.2. The van der Waals surface area contributed by atoms with Crippen molar-refractivity contribution < 1.29 is 23.1 Å². The molecule has 7 nitrogen and oxygen atoms in total. The van der Waals surface area contributed by atoms with Crippen molar-refractivity contribution in [3.8, 4) is 5.82 Å². The van der Waals surface area contributed by atoms with E-state index in [-0.39, 0.29) is 18.6 Å². The first-order valence-electron chi connectivity index (χ1n) is 13.2. The number of halogens is 3. The fraction of sp³-hybridized carbons (Fsp3) is 0.333. The number of hydrogen-bond donors (Lipinski definition) is 2. The molecule has 4 aromatic rings. The first kappa shape index (κ1) is 28.9. The van der Waals surface area contributed by atoms with Crippen LogP contribution in [0.4, 0.5) is 24.7 Å². The zero-order valence-electron chi connectivity index (χ0n) is 22.7. The second-order valence-corrected chi connectivity index (χ2v) is 9.78. The predicted octanol–water partition coefficient (Wildman–Crippen LogP) is 6.34. The topological polar surface area (TPSA) is 92.9 Å². The van der Waals surface area contributed by atoms with Crippen molar-refractivity contribution in [1.82, 2.24) is 19.7 Å². The molecular formula is C30H32F3N5O2. The lowest BCUT2D eigenvalue weighted by molar-refractivity contribution is -0.137. The van der Waals surface area contributed by atoms with Crippen LogP contribution in [0.1, 0.15) is 63.8 Å². The van der Waals surface area contributed by atoms with Gasteiger partial charge in [0, 0.05) is 42.1 Å². The van der Waals surface area contributed by atoms with E-state index in [1.54, 1.807) is 10.7 Å². The van der Waals surface area contributed by atoms with Crippen LogP contribution in [0.3, 0.4) is 0 Å². The molecule has 40 heavy (non-hydrogen) atoms. The zero-order chi connectivity index (χ0) is 28.9. The molecule has 0 radical (unpaired) electrons. The number of aryl methyl sites for hydroxylation is 4. The van der Waals surface area contributed by atoms with Crippen LogP contribution in [0.15, 0.2) is 54.9 Å². The predicted molar refractivity (Wildman–Crippen MR) is 147 cm³/mol. The van der Waals surface area contributed by atoms with E-state index in [4.69, 9.17) is 5.11 Å². The Bertz CT molecular complexity index is 1500. The van der Waals surface area contributed by atoms with Gasteiger partial charge in [0.2, 0.25) is 0 Å². The van der Waals surface area contributed by atoms with Gasteiger partial charge < -0.3 is 10.4 Å². The van der Waals surface area contributed by atoms with Crippen LogP contribution >= 0.6 is 0 Å². The third kappa shape index (κ3) is 7.12. The standard InChI is InChI=1S/C30H32F3N5O2/c1-4-25-17-28(35-18-34-25)38-29(11-20(3)37-38)36-26-14-22(9-8-19(26)2)15-27(40)23-12-21(7-5-6-10-39)13-24(16-23)30(31,32)33/h8-9,11-14,16-18,36,39H,4-7,10,15H2,1-3H3. The van der Waals surface area contributed by atoms with Crippen molar-refractivity contribution >= 4 is 17.3 Å². The molecule has 0 fully saturated rings. The van der Waals surface area contributed by atoms with Crippen molar-refractivity contribution in [1.29, 1.82) is 0 Å². The SMILES string of the molecule is CCc1cc(-n2nc(C)cc2Nc2cc(CC(=O)c3cc(CCCCO)cc(C(F)(F)F)c3)ccc2C)ncn1. The molecule has 0 spiro atoms. The summed E-state index contributed by atoms with van der Waals surface area (Å²) in [6, 6.07) is 12.8. The molecule has 4 rings (SSSR count). The van der Waals surface area contributed by atoms with E-state index in [1.165, 1.54) is 12.4 Å². The third-order valence-electron chi connectivity index (χ3n) is 6.57. The van der Waals surface area contributed by atoms with Crippen molar-refractivity contribution in [3.63, 3.8) is 0 Å². The number of rotatable bonds is 11. The highest BCUT2D eigenvalue weighted by Gasteiger charge is 2.31. The van der Waals surface area contributed by atoms with Crippen LogP contribution in [-0.2, 0) is 25.4 Å². The number of ketones is 1. The summed E-state index contributed by atoms with van der Waals surface area (Å²) >= 11 is 0. The van der Waals surface area contributed by atoms with Gasteiger partial charge in [0.1, 0.15) is 12.1 Å². The number of carbonyl (C=O) groups excluding carboxylic acids is 1. The van der Waals surface area contributed by atoms with Gasteiger partial charge in [-0.3, -0.25) is 4.79 Å². The summed E-state index contributed by atoms with van der Waals surface area (Å²) in [5, 5.41) is 17.0. The molecule has 0 amide bonds. The monoisotopic (exact) mass is 551 g/mol. The minimum atomic E-state index is -4.56. The van der Waals surface area contributed by atoms with Gasteiger partial charge in [-0.2, -0.15) is 23.0 Å². The molecule has 0 bridgehead atoms. The molecule has 2 aromatic carbocycles. The number of hydrogen-bond acceptors (Lipinski definition) is 6. The number of carbonyl (C=O) groups is 1. The maximum atomic E-state index is 13.6. The van der Waals surface area contributed by atoms with Crippen LogP contribution in [0.25, 0.3) is 5.82 Å². The normalized spacial score (nSPS) is 11.6. The summed E-state index contributed by atoms with van der Waals surface area (Å²) in [6.07, 6.45) is -1.01. The van der Waals surface area contributed by atoms with Gasteiger partial charge in [-0.05, 0) is 80.5 Å². The summed E-state index contributed by atoms with van der Waals surface area (Å²) in [7, 11) is 0. The molecular weight excluding hydrogens is 519 g/mol. The van der Waals surface area contributed by atoms with Crippen LogP contribution in [-0.4, -0.2) is 37.2 Å². The fourth-order valence-corrected chi connectivity index (χ4v) is 4.40. The van der Waals surface area contributed by atoms with Gasteiger partial charge in [-0.25, -0.2) is 9.97 Å². The quantitative estimate of drug-likeness (QED) is 0.167. The number of benzene rings is 2. The largest absolute Gasteiger partial charge is 0.416 e. The molecule has 0 unspecified atom stereocenters. The number of aliphatic hydroxyl groups is 1. The van der Waals surface area contributed by atoms with Crippen molar-refractivity contribution in [2.45, 2.75) is 59.1 Å². The highest BCUT2D eigenvalue weighted by molar-refractivity contribution is 5.98. The maximum Gasteiger partial charge on any atom is 0.416 e. The second kappa shape index (κ2) is 12.4. The van der Waals surface area contributed by atoms with E-state index in [1.807, 2.05) is 45.0 Å². The van der Waals surface area contributed by atoms with Crippen molar-refractivity contribution in [2.24, 2.45) is 0 Å². The Kier molecular flexibility index (Phi) is 8.99. The lowest BCUT2D eigenvalue weighted by Crippen LogP contribution is -2.11. The highest BCUT2D eigenvalue weighted by Crippen LogP contribution is 2.32. The minimum absolute atomic E-state index is 0.0214. The van der Waals surface area contributed by atoms with E-state index in [0.29, 0.717) is 42.0 Å². The van der Waals surface area contributed by atoms with E-state index < -0.39 is 17.5 Å². The molecule has 0 aliphatic heterocycles. The second-order valence-electron chi connectivity index (χ2n) is 9.78. The molecule has 0 atom stereocenters. The molecule has 210 valence electrons. The summed E-state index contributed by atoms with van der Waals surface area (Å²) in [6.45, 7) is 5.77. The lowest BCUT2D eigenvalue weighted by Gasteiger charge is -2.14. The van der Waals surface area contributed by atoms with Crippen LogP contribution in [0.5, 0.6) is 0 Å². The Hall–Kier alpha value is -4.05. The smallest absolute Gasteiger partial charge is 0.396 e. The number of alkyl halides is 3. The number of nitrogens with one attached hydrogen (secondary N) is 1. The van der Waals surface area contributed by atoms with Gasteiger partial charge in [0.15, 0.2) is 11.6 Å². The van der Waals surface area contributed by atoms with E-state index in [2.05, 4.69) is 20.4 Å². The van der Waals surface area contributed by atoms with Crippen LogP contribution in [0.2, 0.25) is 0 Å². The summed E-state index contributed by atoms with van der Waals surface area (Å²) in [5.74, 6) is 0.888. The Balaban J connectivity index is 1.59. The minimum Gasteiger partial charge on any atom is -0.396 e. The average Bonchev–Trinajstić information content (AvgIpc) is 3.30. The summed E-state index contributed by atoms with van der Waals surface area (Å²) < 4.78 is 42.4. The van der Waals surface area contributed by atoms with E-state index in [9.17, 15) is 18.0 Å². The average molecular weight is 552 g/mol. The zero-order valence-corrected chi connectivity index (χ0v) is 22.7. The maximum absolute atomic E-state index is 13.6. The van der Waals surface area contributed by atoms with Crippen molar-refractivity contribution in [2.75, 3.05) is 11.9 Å². The van der Waals surface area contributed by atoms with Gasteiger partial charge >= 0.3 is 6.18 Å². The highest BCUT2D eigenvalue weighted by atomic mass is 19.4. The molecule has 0 saturated heterocycles. The summed E-state index contributed by atoms with van der Waals surface area (Å²) in [5.41, 5.74) is 3.59. The molecule has 2 aromatic heterocycles. The molecule has 0 aliphatic rings. The van der Waals surface area contributed by atoms with Gasteiger partial charge in [-0.1, -0.05) is 19.1 Å². The Labute approximate surface area is 231 Å². The van der Waals surface area contributed by atoms with Crippen LogP contribution < -0.4 is 5.32 Å². The molecule has 10 heteroatoms. The fourth-order valence-electron chi connectivity index (χ4n) is 4.40. The first-order chi connectivity index (χ1) is 19.1. The third-order valence-corrected chi connectivity index (χ3v) is 6.57.